The summed E-state index contributed by atoms with van der Waals surface area (Å²) in [5.41, 5.74) is 4.41. The van der Waals surface area contributed by atoms with Crippen LogP contribution in [0.25, 0.3) is 11.6 Å². The van der Waals surface area contributed by atoms with Gasteiger partial charge >= 0.3 is 0 Å². The van der Waals surface area contributed by atoms with Gasteiger partial charge in [-0.15, -0.1) is 0 Å². The van der Waals surface area contributed by atoms with Crippen LogP contribution in [0, 0.1) is 6.92 Å². The minimum Gasteiger partial charge on any atom is -0.506 e. The maximum absolute atomic E-state index is 12.6. The maximum atomic E-state index is 12.6. The van der Waals surface area contributed by atoms with Crippen molar-refractivity contribution in [2.75, 3.05) is 5.32 Å². The fourth-order valence-corrected chi connectivity index (χ4v) is 4.54. The zero-order valence-electron chi connectivity index (χ0n) is 14.8. The molecule has 6 heteroatoms. The third-order valence-electron chi connectivity index (χ3n) is 4.43. The fraction of sp³-hybridized carbons (Fsp3) is 0.250. The molecule has 1 aliphatic heterocycles. The summed E-state index contributed by atoms with van der Waals surface area (Å²) >= 11 is 13.3. The molecule has 1 amide bonds. The van der Waals surface area contributed by atoms with Gasteiger partial charge in [0, 0.05) is 25.6 Å². The summed E-state index contributed by atoms with van der Waals surface area (Å²) in [6.07, 6.45) is 1.81. The number of hydrogen-bond acceptors (Lipinski definition) is 2. The van der Waals surface area contributed by atoms with E-state index in [1.807, 2.05) is 45.9 Å². The number of nitrogens with one attached hydrogen (secondary N) is 1. The Bertz CT molecular complexity index is 975. The Morgan fingerprint density at radius 3 is 2.42 bits per heavy atom. The summed E-state index contributed by atoms with van der Waals surface area (Å²) in [5.74, 6) is -0.0809. The number of fused-ring (bicyclic) bond motifs is 1. The monoisotopic (exact) mass is 497 g/mol. The molecule has 26 heavy (non-hydrogen) atoms. The van der Waals surface area contributed by atoms with Crippen molar-refractivity contribution in [1.82, 2.24) is 0 Å². The van der Waals surface area contributed by atoms with Crippen LogP contribution in [0.3, 0.4) is 0 Å². The van der Waals surface area contributed by atoms with Crippen molar-refractivity contribution in [2.45, 2.75) is 33.1 Å². The minimum atomic E-state index is -0.278. The second-order valence-electron chi connectivity index (χ2n) is 7.38. The van der Waals surface area contributed by atoms with Gasteiger partial charge < -0.3 is 10.4 Å². The van der Waals surface area contributed by atoms with E-state index in [0.717, 1.165) is 36.9 Å². The number of anilines is 1. The van der Waals surface area contributed by atoms with Gasteiger partial charge in [0.2, 0.25) is 0 Å². The van der Waals surface area contributed by atoms with Crippen LogP contribution in [0.2, 0.25) is 5.02 Å². The Balaban J connectivity index is 2.23. The smallest absolute Gasteiger partial charge is 0.256 e. The average Bonchev–Trinajstić information content (AvgIpc) is 2.85. The number of halogens is 3. The number of rotatable bonds is 1. The third kappa shape index (κ3) is 3.32. The second-order valence-corrected chi connectivity index (χ2v) is 9.49. The highest BCUT2D eigenvalue weighted by Crippen LogP contribution is 2.44. The van der Waals surface area contributed by atoms with Crippen LogP contribution in [0.4, 0.5) is 5.69 Å². The van der Waals surface area contributed by atoms with E-state index in [4.69, 9.17) is 11.6 Å². The number of hydrogen-bond donors (Lipinski definition) is 2. The number of phenols is 1. The van der Waals surface area contributed by atoms with E-state index in [2.05, 4.69) is 37.2 Å². The molecule has 2 aromatic rings. The molecule has 136 valence electrons. The number of carbonyl (C=O) groups is 1. The zero-order chi connectivity index (χ0) is 19.4. The van der Waals surface area contributed by atoms with Crippen molar-refractivity contribution in [3.05, 3.63) is 54.4 Å². The Labute approximate surface area is 174 Å². The topological polar surface area (TPSA) is 49.3 Å². The van der Waals surface area contributed by atoms with E-state index in [9.17, 15) is 9.90 Å². The van der Waals surface area contributed by atoms with E-state index < -0.39 is 0 Å². The summed E-state index contributed by atoms with van der Waals surface area (Å²) in [7, 11) is 0. The first-order chi connectivity index (χ1) is 12.0. The molecule has 0 saturated heterocycles. The standard InChI is InChI=1S/C20H18Br2ClNO2/c1-9-13(21)8-14(22)17-16(9)11(19(26)24-17)5-10-6-12(20(2,3)4)18(25)15(23)7-10/h5-8,25H,1-4H3,(H,24,26). The normalized spacial score (nSPS) is 15.3. The number of phenolic OH excluding ortho intramolecular Hbond substituents is 1. The lowest BCUT2D eigenvalue weighted by Crippen LogP contribution is -2.11. The van der Waals surface area contributed by atoms with Gasteiger partial charge in [-0.05, 0) is 63.7 Å². The number of benzene rings is 2. The van der Waals surface area contributed by atoms with Gasteiger partial charge in [-0.2, -0.15) is 0 Å². The number of carbonyl (C=O) groups excluding carboxylic acids is 1. The molecule has 0 bridgehead atoms. The van der Waals surface area contributed by atoms with Crippen LogP contribution < -0.4 is 5.32 Å². The molecule has 0 fully saturated rings. The molecule has 2 N–H and O–H groups in total. The lowest BCUT2D eigenvalue weighted by molar-refractivity contribution is -0.110. The summed E-state index contributed by atoms with van der Waals surface area (Å²) in [4.78, 5) is 12.6. The van der Waals surface area contributed by atoms with Gasteiger partial charge in [0.15, 0.2) is 0 Å². The van der Waals surface area contributed by atoms with Gasteiger partial charge in [-0.1, -0.05) is 48.3 Å². The van der Waals surface area contributed by atoms with E-state index >= 15 is 0 Å². The third-order valence-corrected chi connectivity index (χ3v) is 6.17. The SMILES string of the molecule is Cc1c(Br)cc(Br)c2c1C(=Cc1cc(Cl)c(O)c(C(C)(C)C)c1)C(=O)N2. The van der Waals surface area contributed by atoms with Crippen molar-refractivity contribution >= 4 is 66.7 Å². The van der Waals surface area contributed by atoms with Crippen LogP contribution in [0.1, 0.15) is 43.0 Å². The highest BCUT2D eigenvalue weighted by Gasteiger charge is 2.29. The molecule has 2 aromatic carbocycles. The van der Waals surface area contributed by atoms with Crippen LogP contribution in [-0.4, -0.2) is 11.0 Å². The Kier molecular flexibility index (Phi) is 5.01. The molecule has 0 radical (unpaired) electrons. The van der Waals surface area contributed by atoms with Gasteiger partial charge in [0.05, 0.1) is 10.7 Å². The first kappa shape index (κ1) is 19.5. The molecule has 0 atom stereocenters. The van der Waals surface area contributed by atoms with E-state index in [0.29, 0.717) is 5.57 Å². The molecular formula is C20H18Br2ClNO2. The molecule has 3 rings (SSSR count). The van der Waals surface area contributed by atoms with E-state index in [1.54, 1.807) is 6.07 Å². The Morgan fingerprint density at radius 1 is 1.15 bits per heavy atom. The summed E-state index contributed by atoms with van der Waals surface area (Å²) in [6.45, 7) is 7.98. The quantitative estimate of drug-likeness (QED) is 0.431. The van der Waals surface area contributed by atoms with Crippen LogP contribution in [0.5, 0.6) is 5.75 Å². The predicted octanol–water partition coefficient (Wildman–Crippen LogP) is 6.67. The van der Waals surface area contributed by atoms with Crippen LogP contribution in [0.15, 0.2) is 27.1 Å². The van der Waals surface area contributed by atoms with Crippen LogP contribution >= 0.6 is 43.5 Å². The molecule has 0 saturated carbocycles. The first-order valence-corrected chi connectivity index (χ1v) is 10.0. The molecular weight excluding hydrogens is 481 g/mol. The molecule has 1 aliphatic rings. The van der Waals surface area contributed by atoms with Crippen molar-refractivity contribution in [3.63, 3.8) is 0 Å². The summed E-state index contributed by atoms with van der Waals surface area (Å²) < 4.78 is 1.74. The molecule has 0 aliphatic carbocycles. The largest absolute Gasteiger partial charge is 0.506 e. The predicted molar refractivity (Wildman–Crippen MR) is 115 cm³/mol. The summed E-state index contributed by atoms with van der Waals surface area (Å²) in [5, 5.41) is 13.5. The fourth-order valence-electron chi connectivity index (χ4n) is 3.05. The zero-order valence-corrected chi connectivity index (χ0v) is 18.7. The highest BCUT2D eigenvalue weighted by atomic mass is 79.9. The summed E-state index contributed by atoms with van der Waals surface area (Å²) in [6, 6.07) is 5.47. The molecule has 3 nitrogen and oxygen atoms in total. The average molecular weight is 500 g/mol. The van der Waals surface area contributed by atoms with Crippen LogP contribution in [-0.2, 0) is 10.2 Å². The van der Waals surface area contributed by atoms with Crippen molar-refractivity contribution in [2.24, 2.45) is 0 Å². The van der Waals surface area contributed by atoms with Gasteiger partial charge in [0.1, 0.15) is 5.75 Å². The first-order valence-electron chi connectivity index (χ1n) is 8.05. The van der Waals surface area contributed by atoms with E-state index in [1.165, 1.54) is 0 Å². The highest BCUT2D eigenvalue weighted by molar-refractivity contribution is 9.11. The van der Waals surface area contributed by atoms with Gasteiger partial charge in [-0.3, -0.25) is 4.79 Å². The van der Waals surface area contributed by atoms with Crippen molar-refractivity contribution < 1.29 is 9.90 Å². The Morgan fingerprint density at radius 2 is 1.81 bits per heavy atom. The molecule has 0 aromatic heterocycles. The maximum Gasteiger partial charge on any atom is 0.256 e. The van der Waals surface area contributed by atoms with Crippen molar-refractivity contribution in [1.29, 1.82) is 0 Å². The number of aromatic hydroxyl groups is 1. The van der Waals surface area contributed by atoms with Crippen molar-refractivity contribution in [3.8, 4) is 5.75 Å². The molecule has 1 heterocycles. The molecule has 0 spiro atoms. The van der Waals surface area contributed by atoms with Gasteiger partial charge in [0.25, 0.3) is 5.91 Å². The number of amides is 1. The lowest BCUT2D eigenvalue weighted by Gasteiger charge is -2.21. The molecule has 0 unspecified atom stereocenters. The Hall–Kier alpha value is -1.30. The second kappa shape index (κ2) is 6.70. The van der Waals surface area contributed by atoms with Gasteiger partial charge in [-0.25, -0.2) is 0 Å². The minimum absolute atomic E-state index is 0.0826. The lowest BCUT2D eigenvalue weighted by atomic mass is 9.85. The van der Waals surface area contributed by atoms with E-state index in [-0.39, 0.29) is 22.1 Å².